The maximum atomic E-state index is 12.2. The molecule has 1 aromatic carbocycles. The average Bonchev–Trinajstić information content (AvgIpc) is 2.85. The number of nitrogens with two attached hydrogens (primary N) is 1. The highest BCUT2D eigenvalue weighted by Gasteiger charge is 2.28. The van der Waals surface area contributed by atoms with Gasteiger partial charge >= 0.3 is 0 Å². The maximum Gasteiger partial charge on any atom is 0.271 e. The molecule has 0 radical (unpaired) electrons. The molecule has 1 saturated carbocycles. The number of halogens is 2. The highest BCUT2D eigenvalue weighted by molar-refractivity contribution is 6.31. The number of amides is 1. The molecule has 6 nitrogen and oxygen atoms in total. The van der Waals surface area contributed by atoms with Gasteiger partial charge in [0.15, 0.2) is 0 Å². The standard InChI is InChI=1S/C13H16ClN3O3.ClH/c14-10-4-9(5-11(6-10)17(19)20)13(18)16-12-3-1-2-8(12)7-15;/h4-6,8,12H,1-3,7,15H2,(H,16,18);1H. The monoisotopic (exact) mass is 333 g/mol. The molecule has 0 bridgehead atoms. The Hall–Kier alpha value is -1.37. The van der Waals surface area contributed by atoms with E-state index in [0.29, 0.717) is 6.54 Å². The summed E-state index contributed by atoms with van der Waals surface area (Å²) in [6.07, 6.45) is 2.91. The quantitative estimate of drug-likeness (QED) is 0.653. The minimum Gasteiger partial charge on any atom is -0.349 e. The van der Waals surface area contributed by atoms with E-state index in [2.05, 4.69) is 5.32 Å². The third kappa shape index (κ3) is 4.30. The van der Waals surface area contributed by atoms with E-state index in [1.165, 1.54) is 18.2 Å². The van der Waals surface area contributed by atoms with Gasteiger partial charge in [0.25, 0.3) is 11.6 Å². The van der Waals surface area contributed by atoms with Gasteiger partial charge in [0, 0.05) is 28.8 Å². The molecule has 3 N–H and O–H groups in total. The van der Waals surface area contributed by atoms with Gasteiger partial charge in [-0.15, -0.1) is 12.4 Å². The van der Waals surface area contributed by atoms with Crippen LogP contribution in [0, 0.1) is 16.0 Å². The third-order valence-corrected chi connectivity index (χ3v) is 3.85. The number of carbonyl (C=O) groups is 1. The molecule has 1 aliphatic rings. The van der Waals surface area contributed by atoms with Crippen LogP contribution >= 0.6 is 24.0 Å². The van der Waals surface area contributed by atoms with Gasteiger partial charge in [0.05, 0.1) is 4.92 Å². The van der Waals surface area contributed by atoms with Gasteiger partial charge in [-0.05, 0) is 31.4 Å². The topological polar surface area (TPSA) is 98.3 Å². The van der Waals surface area contributed by atoms with Crippen molar-refractivity contribution in [3.63, 3.8) is 0 Å². The molecule has 0 aromatic heterocycles. The first-order valence-corrected chi connectivity index (χ1v) is 6.85. The lowest BCUT2D eigenvalue weighted by molar-refractivity contribution is -0.384. The first kappa shape index (κ1) is 17.7. The van der Waals surface area contributed by atoms with Crippen molar-refractivity contribution in [2.75, 3.05) is 6.54 Å². The molecular formula is C13H17Cl2N3O3. The molecule has 1 fully saturated rings. The van der Waals surface area contributed by atoms with Crippen LogP contribution in [0.2, 0.25) is 5.02 Å². The van der Waals surface area contributed by atoms with Gasteiger partial charge in [-0.25, -0.2) is 0 Å². The number of rotatable bonds is 4. The van der Waals surface area contributed by atoms with Crippen LogP contribution in [0.3, 0.4) is 0 Å². The van der Waals surface area contributed by atoms with Gasteiger partial charge in [-0.3, -0.25) is 14.9 Å². The zero-order valence-electron chi connectivity index (χ0n) is 11.3. The smallest absolute Gasteiger partial charge is 0.271 e. The van der Waals surface area contributed by atoms with Crippen molar-refractivity contribution in [2.45, 2.75) is 25.3 Å². The second kappa shape index (κ2) is 7.59. The minimum atomic E-state index is -0.569. The number of nitrogens with one attached hydrogen (secondary N) is 1. The zero-order chi connectivity index (χ0) is 14.7. The highest BCUT2D eigenvalue weighted by Crippen LogP contribution is 2.26. The van der Waals surface area contributed by atoms with Crippen molar-refractivity contribution >= 4 is 35.6 Å². The third-order valence-electron chi connectivity index (χ3n) is 3.63. The normalized spacial score (nSPS) is 20.7. The molecule has 2 rings (SSSR count). The van der Waals surface area contributed by atoms with Gasteiger partial charge in [-0.2, -0.15) is 0 Å². The van der Waals surface area contributed by atoms with Gasteiger partial charge in [-0.1, -0.05) is 18.0 Å². The van der Waals surface area contributed by atoms with Crippen LogP contribution in [0.25, 0.3) is 0 Å². The lowest BCUT2D eigenvalue weighted by Gasteiger charge is -2.19. The predicted molar refractivity (Wildman–Crippen MR) is 83.0 cm³/mol. The summed E-state index contributed by atoms with van der Waals surface area (Å²) in [7, 11) is 0. The van der Waals surface area contributed by atoms with E-state index >= 15 is 0 Å². The first-order valence-electron chi connectivity index (χ1n) is 6.47. The molecular weight excluding hydrogens is 317 g/mol. The Morgan fingerprint density at radius 3 is 2.76 bits per heavy atom. The SMILES string of the molecule is Cl.NCC1CCCC1NC(=O)c1cc(Cl)cc([N+](=O)[O-])c1. The van der Waals surface area contributed by atoms with Crippen molar-refractivity contribution in [1.82, 2.24) is 5.32 Å². The molecule has 8 heteroatoms. The second-order valence-electron chi connectivity index (χ2n) is 4.96. The van der Waals surface area contributed by atoms with E-state index in [1.807, 2.05) is 0 Å². The molecule has 0 spiro atoms. The van der Waals surface area contributed by atoms with E-state index in [4.69, 9.17) is 17.3 Å². The summed E-state index contributed by atoms with van der Waals surface area (Å²) in [6, 6.07) is 3.91. The number of non-ortho nitro benzene ring substituents is 1. The zero-order valence-corrected chi connectivity index (χ0v) is 12.8. The number of nitrogens with zero attached hydrogens (tertiary/aromatic N) is 1. The van der Waals surface area contributed by atoms with Crippen molar-refractivity contribution in [3.05, 3.63) is 38.9 Å². The van der Waals surface area contributed by atoms with Crippen molar-refractivity contribution in [1.29, 1.82) is 0 Å². The molecule has 116 valence electrons. The maximum absolute atomic E-state index is 12.2. The average molecular weight is 334 g/mol. The fraction of sp³-hybridized carbons (Fsp3) is 0.462. The summed E-state index contributed by atoms with van der Waals surface area (Å²) in [5.74, 6) is -0.0749. The Bertz CT molecular complexity index is 539. The van der Waals surface area contributed by atoms with Crippen LogP contribution in [0.5, 0.6) is 0 Å². The molecule has 0 saturated heterocycles. The van der Waals surface area contributed by atoms with Gasteiger partial charge in [0.1, 0.15) is 0 Å². The van der Waals surface area contributed by atoms with Crippen molar-refractivity contribution in [2.24, 2.45) is 11.7 Å². The summed E-state index contributed by atoms with van der Waals surface area (Å²) in [4.78, 5) is 22.4. The Labute approximate surface area is 133 Å². The number of nitro benzene ring substituents is 1. The first-order chi connectivity index (χ1) is 9.51. The molecule has 0 aliphatic heterocycles. The molecule has 2 unspecified atom stereocenters. The summed E-state index contributed by atoms with van der Waals surface area (Å²) in [6.45, 7) is 0.528. The van der Waals surface area contributed by atoms with E-state index < -0.39 is 4.92 Å². The highest BCUT2D eigenvalue weighted by atomic mass is 35.5. The minimum absolute atomic E-state index is 0. The van der Waals surface area contributed by atoms with Crippen LogP contribution < -0.4 is 11.1 Å². The van der Waals surface area contributed by atoms with Crippen LogP contribution in [-0.4, -0.2) is 23.4 Å². The van der Waals surface area contributed by atoms with Crippen molar-refractivity contribution < 1.29 is 9.72 Å². The number of hydrogen-bond donors (Lipinski definition) is 2. The molecule has 1 amide bonds. The van der Waals surface area contributed by atoms with Crippen LogP contribution in [-0.2, 0) is 0 Å². The van der Waals surface area contributed by atoms with Gasteiger partial charge < -0.3 is 11.1 Å². The lowest BCUT2D eigenvalue weighted by atomic mass is 10.0. The fourth-order valence-corrected chi connectivity index (χ4v) is 2.80. The number of carbonyl (C=O) groups excluding carboxylic acids is 1. The van der Waals surface area contributed by atoms with E-state index in [9.17, 15) is 14.9 Å². The summed E-state index contributed by atoms with van der Waals surface area (Å²) in [5, 5.41) is 13.8. The largest absolute Gasteiger partial charge is 0.349 e. The second-order valence-corrected chi connectivity index (χ2v) is 5.40. The van der Waals surface area contributed by atoms with Crippen LogP contribution in [0.4, 0.5) is 5.69 Å². The van der Waals surface area contributed by atoms with Crippen LogP contribution in [0.15, 0.2) is 18.2 Å². The number of nitro groups is 1. The molecule has 1 aromatic rings. The molecule has 2 atom stereocenters. The van der Waals surface area contributed by atoms with E-state index in [1.54, 1.807) is 0 Å². The van der Waals surface area contributed by atoms with Gasteiger partial charge in [0.2, 0.25) is 0 Å². The number of hydrogen-bond acceptors (Lipinski definition) is 4. The molecule has 21 heavy (non-hydrogen) atoms. The summed E-state index contributed by atoms with van der Waals surface area (Å²) in [5.41, 5.74) is 5.68. The fourth-order valence-electron chi connectivity index (χ4n) is 2.57. The summed E-state index contributed by atoms with van der Waals surface area (Å²) >= 11 is 5.81. The Morgan fingerprint density at radius 2 is 2.14 bits per heavy atom. The van der Waals surface area contributed by atoms with Crippen LogP contribution in [0.1, 0.15) is 29.6 Å². The summed E-state index contributed by atoms with van der Waals surface area (Å²) < 4.78 is 0. The van der Waals surface area contributed by atoms with Crippen molar-refractivity contribution in [3.8, 4) is 0 Å². The molecule has 1 aliphatic carbocycles. The Kier molecular flexibility index (Phi) is 6.39. The number of benzene rings is 1. The van der Waals surface area contributed by atoms with E-state index in [0.717, 1.165) is 19.3 Å². The Morgan fingerprint density at radius 1 is 1.43 bits per heavy atom. The molecule has 0 heterocycles. The van der Waals surface area contributed by atoms with E-state index in [-0.39, 0.29) is 46.5 Å². The predicted octanol–water partition coefficient (Wildman–Crippen LogP) is 2.53. The Balaban J connectivity index is 0.00000220. The lowest BCUT2D eigenvalue weighted by Crippen LogP contribution is -2.39.